The molecule has 0 radical (unpaired) electrons. The second-order valence-corrected chi connectivity index (χ2v) is 5.65. The Hall–Kier alpha value is 1.02. The van der Waals surface area contributed by atoms with Crippen LogP contribution in [-0.2, 0) is 0 Å². The van der Waals surface area contributed by atoms with Gasteiger partial charge in [-0.1, -0.05) is 53.4 Å². The highest BCUT2D eigenvalue weighted by molar-refractivity contribution is 6.85. The fourth-order valence-corrected chi connectivity index (χ4v) is 2.64. The van der Waals surface area contributed by atoms with Crippen LogP contribution >= 0.6 is 21.7 Å². The van der Waals surface area contributed by atoms with Gasteiger partial charge >= 0.3 is 0 Å². The molecule has 0 aliphatic rings. The summed E-state index contributed by atoms with van der Waals surface area (Å²) in [4.78, 5) is 0. The molecule has 4 heteroatoms. The number of hydrogen-bond acceptors (Lipinski definition) is 0. The molecule has 1 nitrogen and oxygen atoms in total. The van der Waals surface area contributed by atoms with E-state index in [1.165, 1.54) is 82.0 Å². The van der Waals surface area contributed by atoms with Crippen LogP contribution in [0.15, 0.2) is 0 Å². The van der Waals surface area contributed by atoms with E-state index in [4.69, 9.17) is 0 Å². The molecule has 0 aliphatic carbocycles. The fraction of sp³-hybridized carbons (Fsp3) is 1.00. The van der Waals surface area contributed by atoms with E-state index in [1.54, 1.807) is 0 Å². The molecule has 0 saturated heterocycles. The lowest BCUT2D eigenvalue weighted by atomic mass is 10.1. The van der Waals surface area contributed by atoms with Gasteiger partial charge in [-0.05, 0) is 25.7 Å². The van der Waals surface area contributed by atoms with Crippen LogP contribution in [0.25, 0.3) is 0 Å². The third kappa shape index (κ3) is 14.0. The smallest absolute Gasteiger partial charge is 0.0786 e. The Labute approximate surface area is 148 Å². The summed E-state index contributed by atoms with van der Waals surface area (Å²) in [6.45, 7) is 15.0. The zero-order valence-corrected chi connectivity index (χ0v) is 17.2. The molecule has 0 aromatic carbocycles. The van der Waals surface area contributed by atoms with E-state index in [0.29, 0.717) is 0 Å². The van der Waals surface area contributed by atoms with Gasteiger partial charge in [0.25, 0.3) is 0 Å². The zero-order valence-electron chi connectivity index (χ0n) is 14.1. The molecule has 0 amide bonds. The monoisotopic (exact) mass is 391 g/mol. The largest absolute Gasteiger partial charge is 1.00 e. The average Bonchev–Trinajstić information content (AvgIpc) is 2.48. The van der Waals surface area contributed by atoms with E-state index in [1.807, 2.05) is 0 Å². The van der Waals surface area contributed by atoms with Gasteiger partial charge in [-0.3, -0.25) is 0 Å². The van der Waals surface area contributed by atoms with E-state index in [2.05, 4.69) is 49.4 Å². The van der Waals surface area contributed by atoms with Crippen molar-refractivity contribution in [2.24, 2.45) is 0 Å². The predicted octanol–water partition coefficient (Wildman–Crippen LogP) is 3.39. The van der Waals surface area contributed by atoms with Gasteiger partial charge in [-0.2, -0.15) is 0 Å². The molecule has 0 fully saturated rings. The summed E-state index contributed by atoms with van der Waals surface area (Å²) < 4.78 is 1.42. The first kappa shape index (κ1) is 25.9. The first-order valence-electron chi connectivity index (χ1n) is 8.24. The van der Waals surface area contributed by atoms with E-state index in [9.17, 15) is 0 Å². The molecule has 0 bridgehead atoms. The van der Waals surface area contributed by atoms with E-state index < -0.39 is 0 Å². The second-order valence-electron chi connectivity index (χ2n) is 5.65. The van der Waals surface area contributed by atoms with E-state index >= 15 is 0 Å². The van der Waals surface area contributed by atoms with Crippen molar-refractivity contribution in [1.29, 1.82) is 0 Å². The summed E-state index contributed by atoms with van der Waals surface area (Å²) >= 11 is 0. The Kier molecular flexibility index (Phi) is 26.0. The number of quaternary nitrogens is 1. The average molecular weight is 393 g/mol. The highest BCUT2D eigenvalue weighted by atomic mass is 79.9. The molecule has 0 aliphatic heterocycles. The third-order valence-corrected chi connectivity index (χ3v) is 3.94. The van der Waals surface area contributed by atoms with Crippen molar-refractivity contribution in [3.63, 3.8) is 0 Å². The molecule has 0 aromatic heterocycles. The van der Waals surface area contributed by atoms with Crippen LogP contribution in [0.3, 0.4) is 0 Å². The van der Waals surface area contributed by atoms with Crippen LogP contribution in [0.5, 0.6) is 0 Å². The maximum Gasteiger partial charge on any atom is 0.0786 e. The van der Waals surface area contributed by atoms with Crippen molar-refractivity contribution in [1.82, 2.24) is 0 Å². The van der Waals surface area contributed by atoms with Gasteiger partial charge in [0.2, 0.25) is 0 Å². The van der Waals surface area contributed by atoms with Crippen molar-refractivity contribution in [2.75, 3.05) is 26.2 Å². The minimum atomic E-state index is 0. The van der Waals surface area contributed by atoms with Gasteiger partial charge in [0.15, 0.2) is 0 Å². The topological polar surface area (TPSA) is 0 Å². The molecule has 0 unspecified atom stereocenters. The highest BCUT2D eigenvalue weighted by Gasteiger charge is 2.24. The first-order chi connectivity index (χ1) is 9.24. The van der Waals surface area contributed by atoms with Crippen LogP contribution in [0.2, 0.25) is 0 Å². The number of halogens is 3. The van der Waals surface area contributed by atoms with Crippen molar-refractivity contribution in [2.45, 2.75) is 79.1 Å². The number of rotatable bonds is 12. The van der Waals surface area contributed by atoms with Gasteiger partial charge in [-0.15, -0.1) is 0 Å². The molecule has 0 spiro atoms. The van der Waals surface area contributed by atoms with Gasteiger partial charge in [0.05, 0.1) is 26.2 Å². The lowest BCUT2D eigenvalue weighted by Gasteiger charge is -2.39. The van der Waals surface area contributed by atoms with Gasteiger partial charge in [0.1, 0.15) is 0 Å². The standard InChI is InChI=1S/C16H36N.BrH.Cl2/c1-5-9-13-17(14-10-6-2,15-11-7-3)16-12-8-4;;1-2/h5-16H2,1-4H3;1H;/q+1;;/p-1. The van der Waals surface area contributed by atoms with Gasteiger partial charge < -0.3 is 21.5 Å². The zero-order chi connectivity index (χ0) is 15.0. The molecule has 126 valence electrons. The molecule has 0 aromatic rings. The minimum Gasteiger partial charge on any atom is -1.00 e. The lowest BCUT2D eigenvalue weighted by Crippen LogP contribution is -3.00. The Bertz CT molecular complexity index is 131. The summed E-state index contributed by atoms with van der Waals surface area (Å²) in [6, 6.07) is 0. The summed E-state index contributed by atoms with van der Waals surface area (Å²) in [5.41, 5.74) is 0. The van der Waals surface area contributed by atoms with Crippen molar-refractivity contribution in [3.05, 3.63) is 0 Å². The maximum atomic E-state index is 4.11. The maximum absolute atomic E-state index is 4.11. The van der Waals surface area contributed by atoms with Crippen LogP contribution in [0, 0.1) is 0 Å². The summed E-state index contributed by atoms with van der Waals surface area (Å²) in [7, 11) is 8.22. The first-order valence-corrected chi connectivity index (χ1v) is 9.38. The molecule has 0 N–H and O–H groups in total. The van der Waals surface area contributed by atoms with Crippen molar-refractivity contribution >= 4 is 21.7 Å². The summed E-state index contributed by atoms with van der Waals surface area (Å²) in [6.07, 6.45) is 11.1. The Morgan fingerprint density at radius 2 is 0.750 bits per heavy atom. The molecule has 20 heavy (non-hydrogen) atoms. The van der Waals surface area contributed by atoms with Crippen LogP contribution in [-0.4, -0.2) is 30.7 Å². The molecule has 0 saturated carbocycles. The van der Waals surface area contributed by atoms with Gasteiger partial charge in [0, 0.05) is 21.7 Å². The predicted molar refractivity (Wildman–Crippen MR) is 91.1 cm³/mol. The Balaban J connectivity index is -0.000000916. The number of unbranched alkanes of at least 4 members (excludes halogenated alkanes) is 4. The quantitative estimate of drug-likeness (QED) is 0.446. The molecular weight excluding hydrogens is 357 g/mol. The number of nitrogens with zero attached hydrogens (tertiary/aromatic N) is 1. The molecule has 0 atom stereocenters. The van der Waals surface area contributed by atoms with Crippen molar-refractivity contribution in [3.8, 4) is 0 Å². The molecular formula is C16H36BrCl2N. The molecule has 0 heterocycles. The van der Waals surface area contributed by atoms with Gasteiger partial charge in [-0.25, -0.2) is 0 Å². The van der Waals surface area contributed by atoms with Crippen molar-refractivity contribution < 1.29 is 21.5 Å². The second kappa shape index (κ2) is 20.0. The summed E-state index contributed by atoms with van der Waals surface area (Å²) in [5, 5.41) is 0. The van der Waals surface area contributed by atoms with Crippen LogP contribution in [0.1, 0.15) is 79.1 Å². The summed E-state index contributed by atoms with van der Waals surface area (Å²) in [5.74, 6) is 0. The van der Waals surface area contributed by atoms with E-state index in [0.717, 1.165) is 0 Å². The Morgan fingerprint density at radius 3 is 0.900 bits per heavy atom. The Morgan fingerprint density at radius 1 is 0.550 bits per heavy atom. The normalized spacial score (nSPS) is 10.5. The number of hydrogen-bond donors (Lipinski definition) is 0. The molecule has 0 rings (SSSR count). The SMILES string of the molecule is CCCC[N+](CCCC)(CCCC)CCCC.ClCl.[Br-]. The minimum absolute atomic E-state index is 0. The third-order valence-electron chi connectivity index (χ3n) is 3.94. The highest BCUT2D eigenvalue weighted by Crippen LogP contribution is 2.16. The fourth-order valence-electron chi connectivity index (χ4n) is 2.64. The van der Waals surface area contributed by atoms with Crippen LogP contribution < -0.4 is 17.0 Å². The van der Waals surface area contributed by atoms with E-state index in [-0.39, 0.29) is 17.0 Å². The lowest BCUT2D eigenvalue weighted by molar-refractivity contribution is -0.929. The van der Waals surface area contributed by atoms with Crippen LogP contribution in [0.4, 0.5) is 0 Å².